The molecule has 1 aliphatic carbocycles. The lowest BCUT2D eigenvalue weighted by Gasteiger charge is -2.15. The molecule has 1 atom stereocenters. The van der Waals surface area contributed by atoms with Gasteiger partial charge in [0.2, 0.25) is 10.0 Å². The summed E-state index contributed by atoms with van der Waals surface area (Å²) in [4.78, 5) is 0. The van der Waals surface area contributed by atoms with E-state index in [9.17, 15) is 8.42 Å². The third kappa shape index (κ3) is 4.31. The number of hydrogen-bond donors (Lipinski definition) is 1. The van der Waals surface area contributed by atoms with Crippen LogP contribution in [0.4, 0.5) is 0 Å². The Bertz CT molecular complexity index is 881. The van der Waals surface area contributed by atoms with E-state index >= 15 is 0 Å². The maximum Gasteiger partial charge on any atom is 0.215 e. The van der Waals surface area contributed by atoms with E-state index in [4.69, 9.17) is 21.1 Å². The van der Waals surface area contributed by atoms with E-state index in [-0.39, 0.29) is 11.7 Å². The highest BCUT2D eigenvalue weighted by Crippen LogP contribution is 2.40. The number of hydrogen-bond acceptors (Lipinski definition) is 4. The summed E-state index contributed by atoms with van der Waals surface area (Å²) in [5, 5.41) is 0.589. The molecule has 0 aromatic heterocycles. The van der Waals surface area contributed by atoms with Crippen molar-refractivity contribution in [1.29, 1.82) is 0 Å². The van der Waals surface area contributed by atoms with Gasteiger partial charge in [-0.15, -0.1) is 0 Å². The van der Waals surface area contributed by atoms with Crippen molar-refractivity contribution in [2.75, 3.05) is 20.8 Å². The first-order chi connectivity index (χ1) is 12.4. The molecule has 0 bridgehead atoms. The van der Waals surface area contributed by atoms with Gasteiger partial charge in [-0.05, 0) is 59.7 Å². The Morgan fingerprint density at radius 2 is 1.77 bits per heavy atom. The molecule has 0 amide bonds. The van der Waals surface area contributed by atoms with Crippen LogP contribution in [0.5, 0.6) is 11.5 Å². The maximum atomic E-state index is 12.4. The first-order valence-corrected chi connectivity index (χ1v) is 10.4. The molecule has 7 heteroatoms. The fourth-order valence-corrected chi connectivity index (χ4v) is 4.62. The summed E-state index contributed by atoms with van der Waals surface area (Å²) >= 11 is 5.84. The van der Waals surface area contributed by atoms with Crippen LogP contribution in [-0.2, 0) is 22.2 Å². The van der Waals surface area contributed by atoms with Crippen LogP contribution in [0.25, 0.3) is 0 Å². The maximum absolute atomic E-state index is 12.4. The highest BCUT2D eigenvalue weighted by atomic mass is 35.5. The molecule has 0 heterocycles. The van der Waals surface area contributed by atoms with Crippen LogP contribution >= 0.6 is 11.6 Å². The summed E-state index contributed by atoms with van der Waals surface area (Å²) in [6, 6.07) is 10.8. The number of halogens is 1. The number of fused-ring (bicyclic) bond motifs is 1. The second-order valence-electron chi connectivity index (χ2n) is 6.38. The minimum absolute atomic E-state index is 0.0598. The summed E-state index contributed by atoms with van der Waals surface area (Å²) in [7, 11) is -0.202. The van der Waals surface area contributed by atoms with Gasteiger partial charge in [0, 0.05) is 11.6 Å². The molecule has 0 saturated carbocycles. The summed E-state index contributed by atoms with van der Waals surface area (Å²) in [5.74, 6) is 1.44. The third-order valence-corrected chi connectivity index (χ3v) is 6.24. The molecule has 5 nitrogen and oxygen atoms in total. The zero-order valence-corrected chi connectivity index (χ0v) is 16.4. The van der Waals surface area contributed by atoms with Crippen LogP contribution in [-0.4, -0.2) is 29.2 Å². The first kappa shape index (κ1) is 19.0. The molecule has 1 unspecified atom stereocenters. The lowest BCUT2D eigenvalue weighted by Crippen LogP contribution is -2.29. The summed E-state index contributed by atoms with van der Waals surface area (Å²) < 4.78 is 38.2. The normalized spacial score (nSPS) is 16.3. The van der Waals surface area contributed by atoms with Gasteiger partial charge in [-0.25, -0.2) is 13.1 Å². The average molecular weight is 396 g/mol. The Labute approximate surface area is 159 Å². The van der Waals surface area contributed by atoms with Gasteiger partial charge in [-0.2, -0.15) is 0 Å². The fourth-order valence-electron chi connectivity index (χ4n) is 3.31. The Kier molecular flexibility index (Phi) is 5.75. The van der Waals surface area contributed by atoms with Gasteiger partial charge in [0.05, 0.1) is 20.0 Å². The first-order valence-electron chi connectivity index (χ1n) is 8.38. The van der Waals surface area contributed by atoms with Gasteiger partial charge < -0.3 is 9.47 Å². The molecule has 1 aliphatic rings. The molecule has 1 N–H and O–H groups in total. The number of methoxy groups -OCH3 is 2. The van der Waals surface area contributed by atoms with Gasteiger partial charge in [0.25, 0.3) is 0 Å². The zero-order valence-electron chi connectivity index (χ0n) is 14.8. The lowest BCUT2D eigenvalue weighted by molar-refractivity contribution is 0.354. The number of ether oxygens (including phenoxy) is 2. The highest BCUT2D eigenvalue weighted by molar-refractivity contribution is 7.88. The predicted octanol–water partition coefficient (Wildman–Crippen LogP) is 3.51. The summed E-state index contributed by atoms with van der Waals surface area (Å²) in [6.07, 6.45) is 1.80. The second-order valence-corrected chi connectivity index (χ2v) is 8.62. The highest BCUT2D eigenvalue weighted by Gasteiger charge is 2.26. The van der Waals surface area contributed by atoms with Gasteiger partial charge in [0.15, 0.2) is 11.5 Å². The SMILES string of the molecule is COc1cc2c(cc1OC)C(CNS(=O)(=O)Cc1ccc(Cl)cc1)CC2. The van der Waals surface area contributed by atoms with Gasteiger partial charge in [-0.3, -0.25) is 0 Å². The van der Waals surface area contributed by atoms with Gasteiger partial charge in [0.1, 0.15) is 0 Å². The van der Waals surface area contributed by atoms with Crippen LogP contribution in [0.1, 0.15) is 29.0 Å². The summed E-state index contributed by atoms with van der Waals surface area (Å²) in [5.41, 5.74) is 3.02. The molecule has 3 rings (SSSR count). The molecule has 0 radical (unpaired) electrons. The third-order valence-electron chi connectivity index (χ3n) is 4.67. The molecule has 0 saturated heterocycles. The van der Waals surface area contributed by atoms with Crippen molar-refractivity contribution in [2.24, 2.45) is 0 Å². The molecule has 140 valence electrons. The largest absolute Gasteiger partial charge is 0.493 e. The quantitative estimate of drug-likeness (QED) is 0.779. The Morgan fingerprint density at radius 1 is 1.12 bits per heavy atom. The molecule has 2 aromatic rings. The van der Waals surface area contributed by atoms with Crippen molar-refractivity contribution in [3.8, 4) is 11.5 Å². The van der Waals surface area contributed by atoms with Crippen molar-refractivity contribution < 1.29 is 17.9 Å². The predicted molar refractivity (Wildman–Crippen MR) is 103 cm³/mol. The molecule has 0 fully saturated rings. The minimum atomic E-state index is -3.42. The van der Waals surface area contributed by atoms with Crippen LogP contribution < -0.4 is 14.2 Å². The van der Waals surface area contributed by atoms with Crippen LogP contribution in [0.3, 0.4) is 0 Å². The Hall–Kier alpha value is -1.76. The molecular formula is C19H22ClNO4S. The monoisotopic (exact) mass is 395 g/mol. The number of rotatable bonds is 7. The van der Waals surface area contributed by atoms with Crippen LogP contribution in [0.2, 0.25) is 5.02 Å². The number of nitrogens with one attached hydrogen (secondary N) is 1. The number of benzene rings is 2. The lowest BCUT2D eigenvalue weighted by atomic mass is 10.0. The average Bonchev–Trinajstić information content (AvgIpc) is 3.02. The van der Waals surface area contributed by atoms with E-state index in [1.165, 1.54) is 5.56 Å². The number of aryl methyl sites for hydroxylation is 1. The zero-order chi connectivity index (χ0) is 18.7. The van der Waals surface area contributed by atoms with Crippen LogP contribution in [0, 0.1) is 0 Å². The van der Waals surface area contributed by atoms with Crippen molar-refractivity contribution in [3.05, 3.63) is 58.1 Å². The minimum Gasteiger partial charge on any atom is -0.493 e. The summed E-state index contributed by atoms with van der Waals surface area (Å²) in [6.45, 7) is 0.373. The van der Waals surface area contributed by atoms with E-state index in [0.29, 0.717) is 28.6 Å². The van der Waals surface area contributed by atoms with Crippen molar-refractivity contribution >= 4 is 21.6 Å². The van der Waals surface area contributed by atoms with Crippen molar-refractivity contribution in [1.82, 2.24) is 4.72 Å². The van der Waals surface area contributed by atoms with E-state index < -0.39 is 10.0 Å². The number of sulfonamides is 1. The van der Waals surface area contributed by atoms with E-state index in [1.807, 2.05) is 12.1 Å². The standard InChI is InChI=1S/C19H22ClNO4S/c1-24-18-9-14-5-6-15(17(14)10-19(18)25-2)11-21-26(22,23)12-13-3-7-16(20)8-4-13/h3-4,7-10,15,21H,5-6,11-12H2,1-2H3. The van der Waals surface area contributed by atoms with Gasteiger partial charge in [-0.1, -0.05) is 23.7 Å². The fraction of sp³-hybridized carbons (Fsp3) is 0.368. The second kappa shape index (κ2) is 7.86. The Balaban J connectivity index is 1.68. The smallest absolute Gasteiger partial charge is 0.215 e. The van der Waals surface area contributed by atoms with E-state index in [2.05, 4.69) is 4.72 Å². The molecule has 26 heavy (non-hydrogen) atoms. The molecule has 2 aromatic carbocycles. The topological polar surface area (TPSA) is 64.6 Å². The van der Waals surface area contributed by atoms with E-state index in [0.717, 1.165) is 18.4 Å². The molecular weight excluding hydrogens is 374 g/mol. The van der Waals surface area contributed by atoms with Crippen molar-refractivity contribution in [3.63, 3.8) is 0 Å². The van der Waals surface area contributed by atoms with Crippen molar-refractivity contribution in [2.45, 2.75) is 24.5 Å². The van der Waals surface area contributed by atoms with E-state index in [1.54, 1.807) is 38.5 Å². The van der Waals surface area contributed by atoms with Gasteiger partial charge >= 0.3 is 0 Å². The Morgan fingerprint density at radius 3 is 2.42 bits per heavy atom. The van der Waals surface area contributed by atoms with Crippen LogP contribution in [0.15, 0.2) is 36.4 Å². The molecule has 0 aliphatic heterocycles. The molecule has 0 spiro atoms.